The highest BCUT2D eigenvalue weighted by Crippen LogP contribution is 2.28. The van der Waals surface area contributed by atoms with Crippen molar-refractivity contribution in [3.8, 4) is 0 Å². The normalized spacial score (nSPS) is 13.8. The summed E-state index contributed by atoms with van der Waals surface area (Å²) in [6, 6.07) is 17.2. The molecule has 0 bridgehead atoms. The highest BCUT2D eigenvalue weighted by Gasteiger charge is 2.24. The summed E-state index contributed by atoms with van der Waals surface area (Å²) < 4.78 is 5.50. The van der Waals surface area contributed by atoms with Crippen molar-refractivity contribution in [2.75, 3.05) is 24.6 Å². The quantitative estimate of drug-likeness (QED) is 0.380. The van der Waals surface area contributed by atoms with E-state index in [0.717, 1.165) is 53.4 Å². The highest BCUT2D eigenvalue weighted by atomic mass is 16.5. The number of nitrogens with zero attached hydrogens (tertiary/aromatic N) is 2. The van der Waals surface area contributed by atoms with Gasteiger partial charge in [0.25, 0.3) is 0 Å². The minimum atomic E-state index is -0.522. The molecule has 2 aromatic carbocycles. The van der Waals surface area contributed by atoms with Crippen molar-refractivity contribution in [1.29, 1.82) is 0 Å². The minimum Gasteiger partial charge on any atom is -0.454 e. The maximum atomic E-state index is 13.0. The molecule has 0 unspecified atom stereocenters. The second-order valence-corrected chi connectivity index (χ2v) is 7.92. The Morgan fingerprint density at radius 3 is 2.65 bits per heavy atom. The third kappa shape index (κ3) is 3.54. The van der Waals surface area contributed by atoms with Gasteiger partial charge in [-0.25, -0.2) is 9.78 Å². The average Bonchev–Trinajstić information content (AvgIpc) is 3.43. The third-order valence-electron chi connectivity index (χ3n) is 5.84. The van der Waals surface area contributed by atoms with E-state index in [-0.39, 0.29) is 12.4 Å². The fraction of sp³-hybridized carbons (Fsp3) is 0.240. The van der Waals surface area contributed by atoms with Crippen LogP contribution in [-0.2, 0) is 4.74 Å². The van der Waals surface area contributed by atoms with Crippen molar-refractivity contribution in [2.24, 2.45) is 0 Å². The summed E-state index contributed by atoms with van der Waals surface area (Å²) in [6.07, 6.45) is 2.14. The number of hydrogen-bond donors (Lipinski definition) is 1. The number of Topliss-reactive ketones (excluding diaryl/α,β-unsaturated/α-hetero) is 1. The van der Waals surface area contributed by atoms with E-state index in [9.17, 15) is 9.59 Å². The Hall–Kier alpha value is -3.67. The molecule has 4 aromatic rings. The molecule has 1 aliphatic rings. The van der Waals surface area contributed by atoms with Crippen LogP contribution in [0.15, 0.2) is 54.6 Å². The van der Waals surface area contributed by atoms with Crippen LogP contribution in [0.25, 0.3) is 21.8 Å². The van der Waals surface area contributed by atoms with E-state index in [4.69, 9.17) is 9.72 Å². The summed E-state index contributed by atoms with van der Waals surface area (Å²) in [5, 5.41) is 1.71. The second-order valence-electron chi connectivity index (χ2n) is 7.92. The number of aromatic nitrogens is 2. The van der Waals surface area contributed by atoms with E-state index in [1.807, 2.05) is 61.5 Å². The first-order chi connectivity index (χ1) is 15.1. The van der Waals surface area contributed by atoms with Gasteiger partial charge in [0.15, 0.2) is 6.61 Å². The fourth-order valence-corrected chi connectivity index (χ4v) is 4.34. The zero-order valence-electron chi connectivity index (χ0n) is 17.4. The molecule has 1 N–H and O–H groups in total. The molecule has 156 valence electrons. The molecule has 2 aromatic heterocycles. The number of aromatic amines is 1. The summed E-state index contributed by atoms with van der Waals surface area (Å²) in [4.78, 5) is 36.0. The fourth-order valence-electron chi connectivity index (χ4n) is 4.34. The van der Waals surface area contributed by atoms with Crippen LogP contribution in [0.4, 0.5) is 5.82 Å². The van der Waals surface area contributed by atoms with Gasteiger partial charge in [-0.05, 0) is 38.0 Å². The number of anilines is 1. The van der Waals surface area contributed by atoms with Crippen molar-refractivity contribution >= 4 is 39.4 Å². The first-order valence-electron chi connectivity index (χ1n) is 10.5. The Labute approximate surface area is 179 Å². The lowest BCUT2D eigenvalue weighted by Crippen LogP contribution is -2.23. The number of hydrogen-bond acceptors (Lipinski definition) is 5. The van der Waals surface area contributed by atoms with Gasteiger partial charge >= 0.3 is 5.97 Å². The predicted octanol–water partition coefficient (Wildman–Crippen LogP) is 4.66. The number of ketones is 1. The Morgan fingerprint density at radius 2 is 1.81 bits per heavy atom. The Balaban J connectivity index is 1.43. The van der Waals surface area contributed by atoms with Crippen molar-refractivity contribution in [3.63, 3.8) is 0 Å². The lowest BCUT2D eigenvalue weighted by Gasteiger charge is -2.20. The van der Waals surface area contributed by atoms with E-state index in [0.29, 0.717) is 16.9 Å². The van der Waals surface area contributed by atoms with Crippen molar-refractivity contribution in [2.45, 2.75) is 19.8 Å². The van der Waals surface area contributed by atoms with Crippen LogP contribution >= 0.6 is 0 Å². The lowest BCUT2D eigenvalue weighted by atomic mass is 10.1. The number of pyridine rings is 1. The first-order valence-corrected chi connectivity index (χ1v) is 10.5. The molecule has 1 fully saturated rings. The monoisotopic (exact) mass is 413 g/mol. The van der Waals surface area contributed by atoms with Crippen LogP contribution in [0.5, 0.6) is 0 Å². The molecule has 0 saturated carbocycles. The van der Waals surface area contributed by atoms with E-state index in [1.54, 1.807) is 0 Å². The lowest BCUT2D eigenvalue weighted by molar-refractivity contribution is 0.0475. The number of carbonyl (C=O) groups excluding carboxylic acids is 2. The van der Waals surface area contributed by atoms with Gasteiger partial charge in [-0.2, -0.15) is 0 Å². The van der Waals surface area contributed by atoms with Gasteiger partial charge in [0.1, 0.15) is 11.4 Å². The van der Waals surface area contributed by atoms with Crippen LogP contribution in [0.2, 0.25) is 0 Å². The molecule has 0 spiro atoms. The van der Waals surface area contributed by atoms with E-state index < -0.39 is 5.97 Å². The summed E-state index contributed by atoms with van der Waals surface area (Å²) in [5.74, 6) is -0.109. The summed E-state index contributed by atoms with van der Waals surface area (Å²) >= 11 is 0. The number of fused-ring (bicyclic) bond motifs is 2. The number of para-hydroxylation sites is 2. The number of benzene rings is 2. The summed E-state index contributed by atoms with van der Waals surface area (Å²) in [6.45, 7) is 3.26. The standard InChI is InChI=1S/C25H23N3O3/c1-16-23(18-9-3-5-11-21(18)26-16)22(29)15-31-25(30)19-14-17-8-2-4-10-20(17)27-24(19)28-12-6-7-13-28/h2-5,8-11,14,26H,6-7,12-13,15H2,1H3. The van der Waals surface area contributed by atoms with Gasteiger partial charge in [-0.15, -0.1) is 0 Å². The molecule has 1 aliphatic heterocycles. The molecular weight excluding hydrogens is 390 g/mol. The molecule has 31 heavy (non-hydrogen) atoms. The number of aryl methyl sites for hydroxylation is 1. The van der Waals surface area contributed by atoms with E-state index in [1.165, 1.54) is 0 Å². The van der Waals surface area contributed by atoms with Crippen molar-refractivity contribution in [1.82, 2.24) is 9.97 Å². The van der Waals surface area contributed by atoms with Crippen molar-refractivity contribution in [3.05, 3.63) is 71.4 Å². The SMILES string of the molecule is Cc1[nH]c2ccccc2c1C(=O)COC(=O)c1cc2ccccc2nc1N1CCCC1. The molecule has 1 saturated heterocycles. The molecule has 3 heterocycles. The van der Waals surface area contributed by atoms with Gasteiger partial charge in [0.05, 0.1) is 5.52 Å². The van der Waals surface area contributed by atoms with Gasteiger partial charge in [-0.3, -0.25) is 4.79 Å². The molecule has 6 heteroatoms. The number of esters is 1. The molecule has 6 nitrogen and oxygen atoms in total. The number of rotatable bonds is 5. The van der Waals surface area contributed by atoms with Crippen LogP contribution in [0, 0.1) is 6.92 Å². The zero-order valence-corrected chi connectivity index (χ0v) is 17.4. The Morgan fingerprint density at radius 1 is 1.06 bits per heavy atom. The molecule has 0 atom stereocenters. The number of H-pyrrole nitrogens is 1. The van der Waals surface area contributed by atoms with E-state index >= 15 is 0 Å². The van der Waals surface area contributed by atoms with Crippen LogP contribution < -0.4 is 4.90 Å². The Bertz CT molecular complexity index is 1300. The third-order valence-corrected chi connectivity index (χ3v) is 5.84. The molecule has 0 radical (unpaired) electrons. The summed E-state index contributed by atoms with van der Waals surface area (Å²) in [7, 11) is 0. The largest absolute Gasteiger partial charge is 0.454 e. The van der Waals surface area contributed by atoms with Gasteiger partial charge in [0, 0.05) is 40.6 Å². The average molecular weight is 413 g/mol. The Kier molecular flexibility index (Phi) is 4.90. The molecule has 0 amide bonds. The molecule has 0 aliphatic carbocycles. The number of ether oxygens (including phenoxy) is 1. The van der Waals surface area contributed by atoms with Crippen molar-refractivity contribution < 1.29 is 14.3 Å². The predicted molar refractivity (Wildman–Crippen MR) is 121 cm³/mol. The molecular formula is C25H23N3O3. The zero-order chi connectivity index (χ0) is 21.4. The number of carbonyl (C=O) groups is 2. The number of nitrogens with one attached hydrogen (secondary N) is 1. The highest BCUT2D eigenvalue weighted by molar-refractivity contribution is 6.10. The molecule has 5 rings (SSSR count). The topological polar surface area (TPSA) is 75.3 Å². The van der Waals surface area contributed by atoms with Crippen LogP contribution in [-0.4, -0.2) is 41.4 Å². The smallest absolute Gasteiger partial charge is 0.342 e. The van der Waals surface area contributed by atoms with Gasteiger partial charge in [-0.1, -0.05) is 36.4 Å². The van der Waals surface area contributed by atoms with Crippen LogP contribution in [0.1, 0.15) is 39.3 Å². The summed E-state index contributed by atoms with van der Waals surface area (Å²) in [5.41, 5.74) is 3.48. The maximum absolute atomic E-state index is 13.0. The maximum Gasteiger partial charge on any atom is 0.342 e. The minimum absolute atomic E-state index is 0.222. The van der Waals surface area contributed by atoms with E-state index in [2.05, 4.69) is 9.88 Å². The van der Waals surface area contributed by atoms with Gasteiger partial charge in [0.2, 0.25) is 5.78 Å². The second kappa shape index (κ2) is 7.87. The first kappa shape index (κ1) is 19.3. The van der Waals surface area contributed by atoms with Gasteiger partial charge < -0.3 is 14.6 Å². The van der Waals surface area contributed by atoms with Crippen LogP contribution in [0.3, 0.4) is 0 Å².